The molecule has 0 unspecified atom stereocenters. The second kappa shape index (κ2) is 7.76. The van der Waals surface area contributed by atoms with E-state index in [1.807, 2.05) is 6.92 Å². The summed E-state index contributed by atoms with van der Waals surface area (Å²) in [7, 11) is 0. The largest absolute Gasteiger partial charge is 0.375 e. The van der Waals surface area contributed by atoms with Crippen molar-refractivity contribution in [3.8, 4) is 0 Å². The SMILES string of the molecule is C[C@H]1OCCN[C@@H]1C(=O)Nc1cnn(CC(=O)NC2CCCC2)c1. The fourth-order valence-corrected chi connectivity index (χ4v) is 3.25. The Balaban J connectivity index is 1.49. The van der Waals surface area contributed by atoms with Gasteiger partial charge in [-0.1, -0.05) is 12.8 Å². The van der Waals surface area contributed by atoms with Crippen molar-refractivity contribution >= 4 is 17.5 Å². The molecule has 3 rings (SSSR count). The minimum absolute atomic E-state index is 0.0427. The van der Waals surface area contributed by atoms with Crippen LogP contribution in [-0.4, -0.2) is 52.9 Å². The fraction of sp³-hybridized carbons (Fsp3) is 0.688. The van der Waals surface area contributed by atoms with E-state index in [0.29, 0.717) is 24.9 Å². The molecule has 1 saturated carbocycles. The maximum absolute atomic E-state index is 12.3. The number of hydrogen-bond acceptors (Lipinski definition) is 5. The maximum Gasteiger partial charge on any atom is 0.244 e. The number of rotatable bonds is 5. The first kappa shape index (κ1) is 16.9. The standard InChI is InChI=1S/C16H25N5O3/c1-11-15(17-6-7-24-11)16(23)20-13-8-18-21(9-13)10-14(22)19-12-4-2-3-5-12/h8-9,11-12,15,17H,2-7,10H2,1H3,(H,19,22)(H,20,23)/t11-,15+/m1/s1. The van der Waals surface area contributed by atoms with Crippen molar-refractivity contribution in [3.05, 3.63) is 12.4 Å². The van der Waals surface area contributed by atoms with Crippen molar-refractivity contribution < 1.29 is 14.3 Å². The van der Waals surface area contributed by atoms with Crippen molar-refractivity contribution in [3.63, 3.8) is 0 Å². The molecule has 1 saturated heterocycles. The second-order valence-corrected chi connectivity index (χ2v) is 6.47. The van der Waals surface area contributed by atoms with Gasteiger partial charge in [0.2, 0.25) is 11.8 Å². The van der Waals surface area contributed by atoms with E-state index in [9.17, 15) is 9.59 Å². The number of ether oxygens (including phenoxy) is 1. The smallest absolute Gasteiger partial charge is 0.244 e. The van der Waals surface area contributed by atoms with Crippen LogP contribution in [-0.2, 0) is 20.9 Å². The molecule has 2 fully saturated rings. The van der Waals surface area contributed by atoms with Crippen LogP contribution in [0.15, 0.2) is 12.4 Å². The Bertz CT molecular complexity index is 582. The average Bonchev–Trinajstić information content (AvgIpc) is 3.20. The van der Waals surface area contributed by atoms with Gasteiger partial charge in [0.05, 0.1) is 24.6 Å². The van der Waals surface area contributed by atoms with Gasteiger partial charge in [-0.3, -0.25) is 14.3 Å². The summed E-state index contributed by atoms with van der Waals surface area (Å²) >= 11 is 0. The highest BCUT2D eigenvalue weighted by Gasteiger charge is 2.28. The molecule has 1 aromatic heterocycles. The Kier molecular flexibility index (Phi) is 5.47. The lowest BCUT2D eigenvalue weighted by Crippen LogP contribution is -2.53. The second-order valence-electron chi connectivity index (χ2n) is 6.47. The van der Waals surface area contributed by atoms with Crippen LogP contribution in [0.5, 0.6) is 0 Å². The summed E-state index contributed by atoms with van der Waals surface area (Å²) in [5, 5.41) is 13.1. The highest BCUT2D eigenvalue weighted by atomic mass is 16.5. The average molecular weight is 335 g/mol. The molecule has 1 aromatic rings. The van der Waals surface area contributed by atoms with Crippen molar-refractivity contribution in [1.82, 2.24) is 20.4 Å². The quantitative estimate of drug-likeness (QED) is 0.717. The minimum atomic E-state index is -0.382. The predicted molar refractivity (Wildman–Crippen MR) is 88.5 cm³/mol. The van der Waals surface area contributed by atoms with Crippen molar-refractivity contribution in [2.24, 2.45) is 0 Å². The van der Waals surface area contributed by atoms with Gasteiger partial charge in [0.15, 0.2) is 0 Å². The molecule has 8 heteroatoms. The lowest BCUT2D eigenvalue weighted by Gasteiger charge is -2.29. The summed E-state index contributed by atoms with van der Waals surface area (Å²) in [6.45, 7) is 3.29. The Morgan fingerprint density at radius 3 is 2.96 bits per heavy atom. The van der Waals surface area contributed by atoms with Crippen LogP contribution in [0.25, 0.3) is 0 Å². The molecule has 1 aliphatic heterocycles. The topological polar surface area (TPSA) is 97.3 Å². The third-order valence-corrected chi connectivity index (χ3v) is 4.53. The summed E-state index contributed by atoms with van der Waals surface area (Å²) in [5.74, 6) is -0.198. The van der Waals surface area contributed by atoms with E-state index in [1.165, 1.54) is 17.5 Å². The first-order chi connectivity index (χ1) is 11.6. The molecule has 0 radical (unpaired) electrons. The molecule has 24 heavy (non-hydrogen) atoms. The van der Waals surface area contributed by atoms with Gasteiger partial charge >= 0.3 is 0 Å². The molecular weight excluding hydrogens is 310 g/mol. The Morgan fingerprint density at radius 2 is 2.21 bits per heavy atom. The van der Waals surface area contributed by atoms with Crippen molar-refractivity contribution in [2.45, 2.75) is 57.3 Å². The van der Waals surface area contributed by atoms with E-state index < -0.39 is 0 Å². The highest BCUT2D eigenvalue weighted by Crippen LogP contribution is 2.17. The molecule has 0 aromatic carbocycles. The Hall–Kier alpha value is -1.93. The van der Waals surface area contributed by atoms with Gasteiger partial charge in [0, 0.05) is 18.8 Å². The normalized spacial score (nSPS) is 24.7. The molecule has 2 amide bonds. The third-order valence-electron chi connectivity index (χ3n) is 4.53. The number of hydrogen-bond donors (Lipinski definition) is 3. The minimum Gasteiger partial charge on any atom is -0.375 e. The number of aromatic nitrogens is 2. The number of carbonyl (C=O) groups excluding carboxylic acids is 2. The van der Waals surface area contributed by atoms with Gasteiger partial charge < -0.3 is 20.7 Å². The Labute approximate surface area is 141 Å². The van der Waals surface area contributed by atoms with Crippen LogP contribution in [0.3, 0.4) is 0 Å². The van der Waals surface area contributed by atoms with Gasteiger partial charge in [-0.2, -0.15) is 5.10 Å². The summed E-state index contributed by atoms with van der Waals surface area (Å²) in [4.78, 5) is 24.3. The number of nitrogens with one attached hydrogen (secondary N) is 3. The van der Waals surface area contributed by atoms with Crippen LogP contribution in [0.4, 0.5) is 5.69 Å². The first-order valence-electron chi connectivity index (χ1n) is 8.59. The summed E-state index contributed by atoms with van der Waals surface area (Å²) in [6.07, 6.45) is 7.52. The van der Waals surface area contributed by atoms with Gasteiger partial charge in [-0.15, -0.1) is 0 Å². The van der Waals surface area contributed by atoms with E-state index >= 15 is 0 Å². The van der Waals surface area contributed by atoms with E-state index in [1.54, 1.807) is 12.4 Å². The number of anilines is 1. The predicted octanol–water partition coefficient (Wildman–Crippen LogP) is 0.257. The summed E-state index contributed by atoms with van der Waals surface area (Å²) < 4.78 is 7.01. The molecule has 8 nitrogen and oxygen atoms in total. The van der Waals surface area contributed by atoms with E-state index in [2.05, 4.69) is 21.0 Å². The van der Waals surface area contributed by atoms with Crippen LogP contribution in [0.2, 0.25) is 0 Å². The van der Waals surface area contributed by atoms with Crippen molar-refractivity contribution in [1.29, 1.82) is 0 Å². The molecule has 2 aliphatic rings. The van der Waals surface area contributed by atoms with Gasteiger partial charge in [0.25, 0.3) is 0 Å². The van der Waals surface area contributed by atoms with Crippen LogP contribution in [0, 0.1) is 0 Å². The number of nitrogens with zero attached hydrogens (tertiary/aromatic N) is 2. The van der Waals surface area contributed by atoms with Crippen LogP contribution < -0.4 is 16.0 Å². The number of morpholine rings is 1. The molecule has 2 atom stereocenters. The Morgan fingerprint density at radius 1 is 1.42 bits per heavy atom. The molecule has 3 N–H and O–H groups in total. The molecule has 0 bridgehead atoms. The zero-order chi connectivity index (χ0) is 16.9. The summed E-state index contributed by atoms with van der Waals surface area (Å²) in [6, 6.07) is -0.0844. The molecule has 132 valence electrons. The van der Waals surface area contributed by atoms with E-state index in [0.717, 1.165) is 12.8 Å². The van der Waals surface area contributed by atoms with Crippen LogP contribution >= 0.6 is 0 Å². The van der Waals surface area contributed by atoms with Gasteiger partial charge in [-0.25, -0.2) is 0 Å². The molecule has 0 spiro atoms. The lowest BCUT2D eigenvalue weighted by molar-refractivity contribution is -0.124. The molecule has 1 aliphatic carbocycles. The lowest BCUT2D eigenvalue weighted by atomic mass is 10.1. The number of carbonyl (C=O) groups is 2. The highest BCUT2D eigenvalue weighted by molar-refractivity contribution is 5.95. The first-order valence-corrected chi connectivity index (χ1v) is 8.59. The molecular formula is C16H25N5O3. The van der Waals surface area contributed by atoms with Gasteiger partial charge in [0.1, 0.15) is 12.6 Å². The number of amides is 2. The zero-order valence-electron chi connectivity index (χ0n) is 14.0. The maximum atomic E-state index is 12.3. The third kappa shape index (κ3) is 4.33. The summed E-state index contributed by atoms with van der Waals surface area (Å²) in [5.41, 5.74) is 0.577. The van der Waals surface area contributed by atoms with Gasteiger partial charge in [-0.05, 0) is 19.8 Å². The monoisotopic (exact) mass is 335 g/mol. The van der Waals surface area contributed by atoms with Crippen LogP contribution in [0.1, 0.15) is 32.6 Å². The fourth-order valence-electron chi connectivity index (χ4n) is 3.25. The zero-order valence-corrected chi connectivity index (χ0v) is 14.0. The van der Waals surface area contributed by atoms with E-state index in [4.69, 9.17) is 4.74 Å². The molecule has 2 heterocycles. The van der Waals surface area contributed by atoms with Crippen molar-refractivity contribution in [2.75, 3.05) is 18.5 Å². The van der Waals surface area contributed by atoms with E-state index in [-0.39, 0.29) is 30.5 Å².